The predicted molar refractivity (Wildman–Crippen MR) is 95.8 cm³/mol. The van der Waals surface area contributed by atoms with E-state index in [1.807, 2.05) is 54.6 Å². The van der Waals surface area contributed by atoms with Gasteiger partial charge in [-0.3, -0.25) is 9.59 Å². The number of nitrogens with zero attached hydrogens (tertiary/aromatic N) is 1. The lowest BCUT2D eigenvalue weighted by Gasteiger charge is -2.21. The first-order chi connectivity index (χ1) is 12.0. The summed E-state index contributed by atoms with van der Waals surface area (Å²) >= 11 is 0. The predicted octanol–water partition coefficient (Wildman–Crippen LogP) is 2.45. The van der Waals surface area contributed by atoms with Crippen LogP contribution in [0.15, 0.2) is 54.6 Å². The summed E-state index contributed by atoms with van der Waals surface area (Å²) in [5.74, 6) is -0.0660. The minimum absolute atomic E-state index is 0.115. The molecule has 25 heavy (non-hydrogen) atoms. The topological polar surface area (TPSA) is 72.6 Å². The summed E-state index contributed by atoms with van der Waals surface area (Å²) in [6, 6.07) is 17.7. The molecular formula is C20H22N2O3. The Kier molecular flexibility index (Phi) is 5.03. The molecule has 0 bridgehead atoms. The summed E-state index contributed by atoms with van der Waals surface area (Å²) in [5.41, 5.74) is 7.54. The molecule has 0 saturated carbocycles. The highest BCUT2D eigenvalue weighted by Crippen LogP contribution is 2.23. The van der Waals surface area contributed by atoms with Gasteiger partial charge in [-0.05, 0) is 36.6 Å². The van der Waals surface area contributed by atoms with Crippen molar-refractivity contribution >= 4 is 11.8 Å². The van der Waals surface area contributed by atoms with E-state index in [4.69, 9.17) is 10.5 Å². The molecule has 0 radical (unpaired) electrons. The average Bonchev–Trinajstić information content (AvgIpc) is 3.13. The van der Waals surface area contributed by atoms with Crippen molar-refractivity contribution in [1.29, 1.82) is 0 Å². The lowest BCUT2D eigenvalue weighted by molar-refractivity contribution is -0.137. The van der Waals surface area contributed by atoms with Crippen molar-refractivity contribution in [3.63, 3.8) is 0 Å². The number of carbonyl (C=O) groups is 2. The van der Waals surface area contributed by atoms with Crippen molar-refractivity contribution in [2.45, 2.75) is 19.4 Å². The molecule has 1 saturated heterocycles. The average molecular weight is 338 g/mol. The lowest BCUT2D eigenvalue weighted by Crippen LogP contribution is -2.40. The maximum Gasteiger partial charge on any atom is 0.263 e. The first-order valence-corrected chi connectivity index (χ1v) is 8.45. The number of nitrogens with two attached hydrogens (primary N) is 1. The number of hydrogen-bond acceptors (Lipinski definition) is 3. The molecule has 1 heterocycles. The fourth-order valence-electron chi connectivity index (χ4n) is 3.06. The summed E-state index contributed by atoms with van der Waals surface area (Å²) in [7, 11) is 0. The molecule has 2 N–H and O–H groups in total. The van der Waals surface area contributed by atoms with E-state index in [9.17, 15) is 9.59 Å². The molecule has 2 aromatic rings. The Labute approximate surface area is 147 Å². The molecule has 1 fully saturated rings. The number of amides is 2. The van der Waals surface area contributed by atoms with Gasteiger partial charge in [0.25, 0.3) is 5.91 Å². The third-order valence-electron chi connectivity index (χ3n) is 4.52. The zero-order valence-electron chi connectivity index (χ0n) is 14.2. The first-order valence-electron chi connectivity index (χ1n) is 8.45. The largest absolute Gasteiger partial charge is 0.481 e. The zero-order chi connectivity index (χ0) is 17.8. The number of carbonyl (C=O) groups excluding carboxylic acids is 2. The van der Waals surface area contributed by atoms with Gasteiger partial charge in [0.1, 0.15) is 5.75 Å². The molecule has 1 aliphatic heterocycles. The Bertz CT molecular complexity index is 743. The quantitative estimate of drug-likeness (QED) is 0.910. The molecule has 0 spiro atoms. The van der Waals surface area contributed by atoms with Crippen LogP contribution in [0.4, 0.5) is 0 Å². The van der Waals surface area contributed by atoms with Crippen molar-refractivity contribution in [2.75, 3.05) is 13.1 Å². The zero-order valence-corrected chi connectivity index (χ0v) is 14.2. The molecule has 130 valence electrons. The van der Waals surface area contributed by atoms with Gasteiger partial charge in [-0.2, -0.15) is 0 Å². The van der Waals surface area contributed by atoms with Gasteiger partial charge in [0, 0.05) is 13.1 Å². The molecule has 5 nitrogen and oxygen atoms in total. The Morgan fingerprint density at radius 3 is 2.32 bits per heavy atom. The van der Waals surface area contributed by atoms with Gasteiger partial charge in [-0.25, -0.2) is 0 Å². The van der Waals surface area contributed by atoms with Gasteiger partial charge in [0.15, 0.2) is 6.10 Å². The molecule has 0 aromatic heterocycles. The highest BCUT2D eigenvalue weighted by atomic mass is 16.5. The fraction of sp³-hybridized carbons (Fsp3) is 0.300. The number of primary amides is 1. The Morgan fingerprint density at radius 2 is 1.72 bits per heavy atom. The van der Waals surface area contributed by atoms with E-state index in [1.165, 1.54) is 0 Å². The Hall–Kier alpha value is -2.82. The van der Waals surface area contributed by atoms with E-state index in [2.05, 4.69) is 0 Å². The van der Waals surface area contributed by atoms with Gasteiger partial charge in [-0.1, -0.05) is 42.5 Å². The number of benzene rings is 2. The van der Waals surface area contributed by atoms with E-state index in [0.29, 0.717) is 25.3 Å². The number of likely N-dealkylation sites (tertiary alicyclic amines) is 1. The van der Waals surface area contributed by atoms with Gasteiger partial charge in [0.2, 0.25) is 5.91 Å². The van der Waals surface area contributed by atoms with Crippen molar-refractivity contribution in [1.82, 2.24) is 4.90 Å². The van der Waals surface area contributed by atoms with Crippen LogP contribution in [0.3, 0.4) is 0 Å². The second kappa shape index (κ2) is 7.38. The van der Waals surface area contributed by atoms with E-state index >= 15 is 0 Å². The molecule has 3 rings (SSSR count). The van der Waals surface area contributed by atoms with Gasteiger partial charge in [-0.15, -0.1) is 0 Å². The molecule has 0 aliphatic carbocycles. The van der Waals surface area contributed by atoms with Crippen LogP contribution in [0, 0.1) is 5.92 Å². The lowest BCUT2D eigenvalue weighted by atomic mass is 10.1. The van der Waals surface area contributed by atoms with Crippen LogP contribution in [0.1, 0.15) is 13.3 Å². The fourth-order valence-corrected chi connectivity index (χ4v) is 3.06. The van der Waals surface area contributed by atoms with Gasteiger partial charge >= 0.3 is 0 Å². The van der Waals surface area contributed by atoms with Crippen molar-refractivity contribution in [3.8, 4) is 16.9 Å². The van der Waals surface area contributed by atoms with Crippen LogP contribution >= 0.6 is 0 Å². The smallest absolute Gasteiger partial charge is 0.263 e. The van der Waals surface area contributed by atoms with Crippen LogP contribution in [-0.4, -0.2) is 35.9 Å². The van der Waals surface area contributed by atoms with Crippen molar-refractivity contribution in [3.05, 3.63) is 54.6 Å². The normalized spacial score (nSPS) is 18.0. The molecule has 2 atom stereocenters. The van der Waals surface area contributed by atoms with E-state index in [1.54, 1.807) is 11.8 Å². The monoisotopic (exact) mass is 338 g/mol. The maximum absolute atomic E-state index is 12.5. The molecule has 1 aliphatic rings. The summed E-state index contributed by atoms with van der Waals surface area (Å²) < 4.78 is 5.77. The molecule has 5 heteroatoms. The minimum Gasteiger partial charge on any atom is -0.481 e. The summed E-state index contributed by atoms with van der Waals surface area (Å²) in [4.78, 5) is 25.3. The molecular weight excluding hydrogens is 316 g/mol. The van der Waals surface area contributed by atoms with Crippen LogP contribution in [-0.2, 0) is 9.59 Å². The van der Waals surface area contributed by atoms with Gasteiger partial charge < -0.3 is 15.4 Å². The van der Waals surface area contributed by atoms with Crippen molar-refractivity contribution in [2.24, 2.45) is 11.7 Å². The number of ether oxygens (including phenoxy) is 1. The first kappa shape index (κ1) is 17.0. The summed E-state index contributed by atoms with van der Waals surface area (Å²) in [6.45, 7) is 2.66. The third kappa shape index (κ3) is 3.99. The van der Waals surface area contributed by atoms with Crippen LogP contribution in [0.5, 0.6) is 5.75 Å². The van der Waals surface area contributed by atoms with Gasteiger partial charge in [0.05, 0.1) is 5.92 Å². The second-order valence-electron chi connectivity index (χ2n) is 6.32. The van der Waals surface area contributed by atoms with E-state index in [0.717, 1.165) is 11.1 Å². The Morgan fingerprint density at radius 1 is 1.08 bits per heavy atom. The van der Waals surface area contributed by atoms with E-state index in [-0.39, 0.29) is 17.7 Å². The van der Waals surface area contributed by atoms with E-state index < -0.39 is 6.10 Å². The molecule has 2 aromatic carbocycles. The van der Waals surface area contributed by atoms with Crippen LogP contribution in [0.25, 0.3) is 11.1 Å². The minimum atomic E-state index is -0.603. The van der Waals surface area contributed by atoms with Crippen LogP contribution < -0.4 is 10.5 Å². The standard InChI is InChI=1S/C20H22N2O3/c1-14(20(24)22-12-11-17(13-22)19(21)23)25-18-9-7-16(8-10-18)15-5-3-2-4-6-15/h2-10,14,17H,11-13H2,1H3,(H2,21,23)/t14-,17+/m1/s1. The summed E-state index contributed by atoms with van der Waals surface area (Å²) in [6.07, 6.45) is 0.0220. The third-order valence-corrected chi connectivity index (χ3v) is 4.52. The number of rotatable bonds is 5. The maximum atomic E-state index is 12.5. The Balaban J connectivity index is 1.60. The highest BCUT2D eigenvalue weighted by molar-refractivity contribution is 5.83. The highest BCUT2D eigenvalue weighted by Gasteiger charge is 2.32. The van der Waals surface area contributed by atoms with Crippen molar-refractivity contribution < 1.29 is 14.3 Å². The second-order valence-corrected chi connectivity index (χ2v) is 6.32. The van der Waals surface area contributed by atoms with Crippen LogP contribution in [0.2, 0.25) is 0 Å². The summed E-state index contributed by atoms with van der Waals surface area (Å²) in [5, 5.41) is 0. The SMILES string of the molecule is C[C@@H](Oc1ccc(-c2ccccc2)cc1)C(=O)N1CC[C@H](C(N)=O)C1. The molecule has 2 amide bonds. The molecule has 0 unspecified atom stereocenters. The number of hydrogen-bond donors (Lipinski definition) is 1.